The second-order valence-electron chi connectivity index (χ2n) is 5.16. The maximum Gasteiger partial charge on any atom is 0.436 e. The first-order valence-electron chi connectivity index (χ1n) is 7.23. The molecule has 0 aliphatic heterocycles. The van der Waals surface area contributed by atoms with Crippen molar-refractivity contribution in [3.63, 3.8) is 0 Å². The maximum atomic E-state index is 13.2. The minimum atomic E-state index is -0.829. The van der Waals surface area contributed by atoms with Crippen molar-refractivity contribution in [2.45, 2.75) is 19.9 Å². The maximum absolute atomic E-state index is 13.2. The molecular weight excluding hydrogens is 321 g/mol. The van der Waals surface area contributed by atoms with Crippen molar-refractivity contribution in [3.8, 4) is 5.69 Å². The topological polar surface area (TPSA) is 91.5 Å². The number of hydrogen-bond acceptors (Lipinski definition) is 6. The minimum absolute atomic E-state index is 0.165. The van der Waals surface area contributed by atoms with Gasteiger partial charge >= 0.3 is 11.8 Å². The van der Waals surface area contributed by atoms with Crippen LogP contribution in [0.2, 0.25) is 0 Å². The number of nitrogens with zero attached hydrogens (tertiary/aromatic N) is 5. The fraction of sp³-hybridized carbons (Fsp3) is 0.429. The number of aromatic nitrogens is 4. The summed E-state index contributed by atoms with van der Waals surface area (Å²) in [6.07, 6.45) is -0.768. The first-order chi connectivity index (χ1) is 11.4. The first kappa shape index (κ1) is 17.6. The van der Waals surface area contributed by atoms with Crippen LogP contribution in [0.5, 0.6) is 0 Å². The van der Waals surface area contributed by atoms with E-state index in [9.17, 15) is 14.0 Å². The molecule has 0 radical (unpaired) electrons. The number of rotatable bonds is 6. The molecule has 0 aliphatic rings. The van der Waals surface area contributed by atoms with E-state index in [4.69, 9.17) is 9.57 Å². The molecule has 1 aromatic heterocycles. The first-order valence-corrected chi connectivity index (χ1v) is 7.23. The zero-order valence-corrected chi connectivity index (χ0v) is 13.5. The molecule has 24 heavy (non-hydrogen) atoms. The van der Waals surface area contributed by atoms with E-state index in [2.05, 4.69) is 10.4 Å². The van der Waals surface area contributed by atoms with Gasteiger partial charge in [0.1, 0.15) is 5.82 Å². The fourth-order valence-electron chi connectivity index (χ4n) is 1.94. The third-order valence-corrected chi connectivity index (χ3v) is 3.17. The molecule has 2 aromatic rings. The van der Waals surface area contributed by atoms with Crippen LogP contribution in [0.4, 0.5) is 9.18 Å². The molecule has 1 aromatic carbocycles. The van der Waals surface area contributed by atoms with Crippen molar-refractivity contribution >= 4 is 6.09 Å². The molecule has 0 N–H and O–H groups in total. The molecule has 2 rings (SSSR count). The summed E-state index contributed by atoms with van der Waals surface area (Å²) in [4.78, 5) is 31.1. The van der Waals surface area contributed by atoms with Crippen LogP contribution in [-0.2, 0) is 4.74 Å². The number of benzene rings is 1. The number of carbonyl (C=O) groups is 1. The van der Waals surface area contributed by atoms with Gasteiger partial charge in [-0.3, -0.25) is 4.84 Å². The molecule has 0 fully saturated rings. The molecule has 1 heterocycles. The minimum Gasteiger partial charge on any atom is -0.383 e. The highest BCUT2D eigenvalue weighted by Gasteiger charge is 2.21. The molecule has 9 nitrogen and oxygen atoms in total. The summed E-state index contributed by atoms with van der Waals surface area (Å²) in [5.74, 6) is -0.531. The normalized spacial score (nSPS) is 10.9. The standard InChI is InChI=1S/C14H18FN5O4/c1-10(2)18(7-8-23-3)14(22)24-20-13(21)19(16-17-20)12-6-4-5-11(15)9-12/h4-6,9-10H,7-8H2,1-3H3. The lowest BCUT2D eigenvalue weighted by Crippen LogP contribution is -2.45. The largest absolute Gasteiger partial charge is 0.436 e. The van der Waals surface area contributed by atoms with Crippen LogP contribution in [0, 0.1) is 5.82 Å². The van der Waals surface area contributed by atoms with E-state index in [0.717, 1.165) is 10.7 Å². The highest BCUT2D eigenvalue weighted by molar-refractivity contribution is 5.68. The van der Waals surface area contributed by atoms with E-state index in [0.29, 0.717) is 18.0 Å². The molecule has 0 bridgehead atoms. The summed E-state index contributed by atoms with van der Waals surface area (Å²) < 4.78 is 19.0. The molecule has 0 aliphatic carbocycles. The van der Waals surface area contributed by atoms with Gasteiger partial charge in [-0.2, -0.15) is 4.68 Å². The van der Waals surface area contributed by atoms with Gasteiger partial charge in [0.05, 0.1) is 12.3 Å². The van der Waals surface area contributed by atoms with Gasteiger partial charge < -0.3 is 9.64 Å². The Labute approximate surface area is 137 Å². The predicted molar refractivity (Wildman–Crippen MR) is 81.3 cm³/mol. The van der Waals surface area contributed by atoms with Crippen molar-refractivity contribution in [2.75, 3.05) is 20.3 Å². The van der Waals surface area contributed by atoms with Crippen LogP contribution in [0.15, 0.2) is 29.1 Å². The zero-order valence-electron chi connectivity index (χ0n) is 13.5. The number of methoxy groups -OCH3 is 1. The molecule has 130 valence electrons. The summed E-state index contributed by atoms with van der Waals surface area (Å²) in [5, 5.41) is 7.05. The van der Waals surface area contributed by atoms with Crippen LogP contribution in [0.1, 0.15) is 13.8 Å². The smallest absolute Gasteiger partial charge is 0.383 e. The van der Waals surface area contributed by atoms with Crippen LogP contribution in [0.25, 0.3) is 5.69 Å². The highest BCUT2D eigenvalue weighted by atomic mass is 19.1. The lowest BCUT2D eigenvalue weighted by atomic mass is 10.3. The summed E-state index contributed by atoms with van der Waals surface area (Å²) >= 11 is 0. The van der Waals surface area contributed by atoms with E-state index >= 15 is 0 Å². The van der Waals surface area contributed by atoms with Crippen LogP contribution in [0.3, 0.4) is 0 Å². The number of carbonyl (C=O) groups excluding carboxylic acids is 1. The van der Waals surface area contributed by atoms with Gasteiger partial charge in [-0.15, -0.1) is 0 Å². The average molecular weight is 339 g/mol. The molecule has 0 saturated carbocycles. The van der Waals surface area contributed by atoms with Gasteiger partial charge in [0.2, 0.25) is 0 Å². The summed E-state index contributed by atoms with van der Waals surface area (Å²) in [6, 6.07) is 5.08. The zero-order chi connectivity index (χ0) is 17.7. The average Bonchev–Trinajstić information content (AvgIpc) is 2.88. The Hall–Kier alpha value is -2.75. The number of ether oxygens (including phenoxy) is 1. The predicted octanol–water partition coefficient (Wildman–Crippen LogP) is 0.473. The number of halogens is 1. The summed E-state index contributed by atoms with van der Waals surface area (Å²) in [6.45, 7) is 4.20. The number of amides is 1. The molecular formula is C14H18FN5O4. The Morgan fingerprint density at radius 2 is 2.12 bits per heavy atom. The van der Waals surface area contributed by atoms with Crippen LogP contribution < -0.4 is 10.5 Å². The van der Waals surface area contributed by atoms with Crippen molar-refractivity contribution in [1.82, 2.24) is 24.9 Å². The van der Waals surface area contributed by atoms with E-state index in [-0.39, 0.29) is 11.7 Å². The number of tetrazole rings is 1. The molecule has 10 heteroatoms. The summed E-state index contributed by atoms with van der Waals surface area (Å²) in [5.41, 5.74) is -0.660. The lowest BCUT2D eigenvalue weighted by molar-refractivity contribution is 0.0539. The van der Waals surface area contributed by atoms with Gasteiger partial charge in [0.25, 0.3) is 0 Å². The SMILES string of the molecule is COCCN(C(=O)On1nnn(-c2cccc(F)c2)c1=O)C(C)C. The third kappa shape index (κ3) is 3.96. The van der Waals surface area contributed by atoms with Crippen molar-refractivity contribution in [3.05, 3.63) is 40.6 Å². The van der Waals surface area contributed by atoms with E-state index in [1.54, 1.807) is 13.8 Å². The Morgan fingerprint density at radius 1 is 1.38 bits per heavy atom. The fourth-order valence-corrected chi connectivity index (χ4v) is 1.94. The van der Waals surface area contributed by atoms with Gasteiger partial charge in [0, 0.05) is 19.7 Å². The van der Waals surface area contributed by atoms with Crippen LogP contribution in [-0.4, -0.2) is 57.3 Å². The Morgan fingerprint density at radius 3 is 2.75 bits per heavy atom. The second kappa shape index (κ2) is 7.68. The molecule has 0 atom stereocenters. The highest BCUT2D eigenvalue weighted by Crippen LogP contribution is 2.05. The van der Waals surface area contributed by atoms with Crippen molar-refractivity contribution in [1.29, 1.82) is 0 Å². The Balaban J connectivity index is 2.19. The third-order valence-electron chi connectivity index (χ3n) is 3.17. The number of hydrogen-bond donors (Lipinski definition) is 0. The van der Waals surface area contributed by atoms with Gasteiger partial charge in [-0.1, -0.05) is 6.07 Å². The lowest BCUT2D eigenvalue weighted by Gasteiger charge is -2.24. The van der Waals surface area contributed by atoms with E-state index in [1.165, 1.54) is 30.2 Å². The summed E-state index contributed by atoms with van der Waals surface area (Å²) in [7, 11) is 1.51. The Bertz CT molecular complexity index is 758. The van der Waals surface area contributed by atoms with Gasteiger partial charge in [-0.25, -0.2) is 14.0 Å². The second-order valence-corrected chi connectivity index (χ2v) is 5.16. The molecule has 1 amide bonds. The monoisotopic (exact) mass is 339 g/mol. The quantitative estimate of drug-likeness (QED) is 0.711. The van der Waals surface area contributed by atoms with E-state index < -0.39 is 17.6 Å². The Kier molecular flexibility index (Phi) is 5.64. The van der Waals surface area contributed by atoms with Gasteiger partial charge in [-0.05, 0) is 47.3 Å². The molecule has 0 unspecified atom stereocenters. The van der Waals surface area contributed by atoms with Crippen molar-refractivity contribution < 1.29 is 18.8 Å². The van der Waals surface area contributed by atoms with E-state index in [1.807, 2.05) is 0 Å². The van der Waals surface area contributed by atoms with Crippen LogP contribution >= 0.6 is 0 Å². The van der Waals surface area contributed by atoms with Crippen molar-refractivity contribution in [2.24, 2.45) is 0 Å². The molecule has 0 saturated heterocycles. The molecule has 0 spiro atoms. The van der Waals surface area contributed by atoms with Gasteiger partial charge in [0.15, 0.2) is 0 Å².